The summed E-state index contributed by atoms with van der Waals surface area (Å²) in [5, 5.41) is 3.11. The summed E-state index contributed by atoms with van der Waals surface area (Å²) >= 11 is 0. The zero-order valence-corrected chi connectivity index (χ0v) is 11.9. The van der Waals surface area contributed by atoms with Gasteiger partial charge in [0.1, 0.15) is 6.54 Å². The van der Waals surface area contributed by atoms with E-state index in [-0.39, 0.29) is 30.8 Å². The second-order valence-electron chi connectivity index (χ2n) is 4.75. The van der Waals surface area contributed by atoms with Crippen molar-refractivity contribution in [1.82, 2.24) is 10.2 Å². The lowest BCUT2D eigenvalue weighted by atomic mass is 9.96. The van der Waals surface area contributed by atoms with Gasteiger partial charge in [0.05, 0.1) is 0 Å². The Hall–Kier alpha value is -0.490. The maximum Gasteiger partial charge on any atom is 0.406 e. The number of alkyl halides is 3. The van der Waals surface area contributed by atoms with Crippen molar-refractivity contribution in [3.05, 3.63) is 0 Å². The number of carbonyl (C=O) groups is 1. The fourth-order valence-electron chi connectivity index (χ4n) is 2.16. The molecule has 1 N–H and O–H groups in total. The van der Waals surface area contributed by atoms with E-state index in [1.54, 1.807) is 0 Å². The van der Waals surface area contributed by atoms with E-state index in [1.165, 1.54) is 0 Å². The molecule has 1 aliphatic heterocycles. The van der Waals surface area contributed by atoms with Crippen LogP contribution in [0.3, 0.4) is 0 Å². The molecule has 1 rings (SSSR count). The van der Waals surface area contributed by atoms with Gasteiger partial charge in [0.25, 0.3) is 0 Å². The van der Waals surface area contributed by atoms with Gasteiger partial charge in [0, 0.05) is 12.5 Å². The minimum Gasteiger partial charge on any atom is -0.333 e. The molecule has 1 aliphatic rings. The molecule has 0 saturated carbocycles. The topological polar surface area (TPSA) is 32.3 Å². The van der Waals surface area contributed by atoms with Gasteiger partial charge < -0.3 is 10.2 Å². The number of halogens is 4. The first-order valence-electron chi connectivity index (χ1n) is 6.50. The third-order valence-corrected chi connectivity index (χ3v) is 3.15. The van der Waals surface area contributed by atoms with Gasteiger partial charge in [0.15, 0.2) is 0 Å². The highest BCUT2D eigenvalue weighted by Gasteiger charge is 2.35. The molecule has 0 aromatic rings. The molecule has 0 bridgehead atoms. The number of nitrogens with one attached hydrogen (secondary N) is 1. The quantitative estimate of drug-likeness (QED) is 0.846. The molecule has 1 saturated heterocycles. The molecule has 1 heterocycles. The Kier molecular flexibility index (Phi) is 8.41. The van der Waals surface area contributed by atoms with Gasteiger partial charge in [-0.15, -0.1) is 12.4 Å². The average Bonchev–Trinajstić information content (AvgIpc) is 2.33. The molecule has 1 amide bonds. The van der Waals surface area contributed by atoms with Crippen LogP contribution in [0.25, 0.3) is 0 Å². The van der Waals surface area contributed by atoms with Crippen molar-refractivity contribution in [1.29, 1.82) is 0 Å². The van der Waals surface area contributed by atoms with Crippen LogP contribution in [0.2, 0.25) is 0 Å². The van der Waals surface area contributed by atoms with Crippen LogP contribution in [0.5, 0.6) is 0 Å². The minimum absolute atomic E-state index is 0. The maximum absolute atomic E-state index is 12.5. The van der Waals surface area contributed by atoms with Gasteiger partial charge in [-0.3, -0.25) is 4.79 Å². The smallest absolute Gasteiger partial charge is 0.333 e. The van der Waals surface area contributed by atoms with Crippen molar-refractivity contribution in [2.45, 2.75) is 38.8 Å². The lowest BCUT2D eigenvalue weighted by Gasteiger charge is -2.30. The van der Waals surface area contributed by atoms with Crippen molar-refractivity contribution >= 4 is 18.3 Å². The lowest BCUT2D eigenvalue weighted by Crippen LogP contribution is -2.45. The number of rotatable bonds is 5. The normalized spacial score (nSPS) is 16.8. The molecular formula is C12H22ClF3N2O. The van der Waals surface area contributed by atoms with E-state index in [0.29, 0.717) is 32.4 Å². The monoisotopic (exact) mass is 302 g/mol. The molecular weight excluding hydrogens is 281 g/mol. The highest BCUT2D eigenvalue weighted by atomic mass is 35.5. The molecule has 19 heavy (non-hydrogen) atoms. The Morgan fingerprint density at radius 3 is 2.37 bits per heavy atom. The number of carbonyl (C=O) groups excluding carboxylic acids is 1. The van der Waals surface area contributed by atoms with Crippen LogP contribution in [-0.2, 0) is 4.79 Å². The standard InChI is InChI=1S/C12H21F3N2O.ClH/c1-2-3-8-17(9-12(13,14)15)11(18)10-4-6-16-7-5-10;/h10,16H,2-9H2,1H3;1H. The van der Waals surface area contributed by atoms with Crippen molar-refractivity contribution in [2.75, 3.05) is 26.2 Å². The first-order chi connectivity index (χ1) is 8.44. The van der Waals surface area contributed by atoms with E-state index < -0.39 is 12.7 Å². The molecule has 1 fully saturated rings. The van der Waals surface area contributed by atoms with Gasteiger partial charge in [-0.2, -0.15) is 13.2 Å². The third kappa shape index (κ3) is 7.01. The van der Waals surface area contributed by atoms with E-state index >= 15 is 0 Å². The maximum atomic E-state index is 12.5. The Balaban J connectivity index is 0.00000324. The second-order valence-corrected chi connectivity index (χ2v) is 4.75. The summed E-state index contributed by atoms with van der Waals surface area (Å²) in [7, 11) is 0. The molecule has 0 aromatic heterocycles. The Morgan fingerprint density at radius 2 is 1.89 bits per heavy atom. The molecule has 7 heteroatoms. The van der Waals surface area contributed by atoms with E-state index in [9.17, 15) is 18.0 Å². The van der Waals surface area contributed by atoms with Crippen LogP contribution in [0.15, 0.2) is 0 Å². The van der Waals surface area contributed by atoms with Gasteiger partial charge in [-0.25, -0.2) is 0 Å². The Bertz CT molecular complexity index is 268. The summed E-state index contributed by atoms with van der Waals surface area (Å²) < 4.78 is 37.4. The number of unbranched alkanes of at least 4 members (excludes halogenated alkanes) is 1. The zero-order valence-electron chi connectivity index (χ0n) is 11.1. The highest BCUT2D eigenvalue weighted by molar-refractivity contribution is 5.85. The van der Waals surface area contributed by atoms with Gasteiger partial charge in [-0.05, 0) is 32.4 Å². The largest absolute Gasteiger partial charge is 0.406 e. The van der Waals surface area contributed by atoms with Crippen LogP contribution in [-0.4, -0.2) is 43.2 Å². The van der Waals surface area contributed by atoms with Gasteiger partial charge >= 0.3 is 6.18 Å². The molecule has 0 unspecified atom stereocenters. The summed E-state index contributed by atoms with van der Waals surface area (Å²) in [6.45, 7) is 2.42. The summed E-state index contributed by atoms with van der Waals surface area (Å²) in [6.07, 6.45) is -1.63. The Morgan fingerprint density at radius 1 is 1.32 bits per heavy atom. The molecule has 0 spiro atoms. The van der Waals surface area contributed by atoms with Crippen molar-refractivity contribution in [2.24, 2.45) is 5.92 Å². The summed E-state index contributed by atoms with van der Waals surface area (Å²) in [4.78, 5) is 13.1. The van der Waals surface area contributed by atoms with Crippen LogP contribution in [0.4, 0.5) is 13.2 Å². The minimum atomic E-state index is -4.31. The van der Waals surface area contributed by atoms with E-state index in [4.69, 9.17) is 0 Å². The van der Waals surface area contributed by atoms with E-state index in [0.717, 1.165) is 11.3 Å². The molecule has 0 radical (unpaired) electrons. The molecule has 0 atom stereocenters. The third-order valence-electron chi connectivity index (χ3n) is 3.15. The van der Waals surface area contributed by atoms with Crippen LogP contribution >= 0.6 is 12.4 Å². The first-order valence-corrected chi connectivity index (χ1v) is 6.50. The van der Waals surface area contributed by atoms with Crippen molar-refractivity contribution < 1.29 is 18.0 Å². The van der Waals surface area contributed by atoms with E-state index in [2.05, 4.69) is 5.32 Å². The van der Waals surface area contributed by atoms with Crippen LogP contribution in [0.1, 0.15) is 32.6 Å². The van der Waals surface area contributed by atoms with E-state index in [1.807, 2.05) is 6.92 Å². The highest BCUT2D eigenvalue weighted by Crippen LogP contribution is 2.21. The number of nitrogens with zero attached hydrogens (tertiary/aromatic N) is 1. The summed E-state index contributed by atoms with van der Waals surface area (Å²) in [5.74, 6) is -0.576. The predicted molar refractivity (Wildman–Crippen MR) is 70.4 cm³/mol. The van der Waals surface area contributed by atoms with Crippen LogP contribution < -0.4 is 5.32 Å². The number of hydrogen-bond donors (Lipinski definition) is 1. The number of amides is 1. The zero-order chi connectivity index (χ0) is 13.6. The first kappa shape index (κ1) is 18.5. The van der Waals surface area contributed by atoms with Crippen molar-refractivity contribution in [3.8, 4) is 0 Å². The fraction of sp³-hybridized carbons (Fsp3) is 0.917. The molecule has 0 aromatic carbocycles. The number of piperidine rings is 1. The predicted octanol–water partition coefficient (Wildman–Crippen LogP) is 2.60. The number of hydrogen-bond acceptors (Lipinski definition) is 2. The van der Waals surface area contributed by atoms with Crippen LogP contribution in [0, 0.1) is 5.92 Å². The molecule has 114 valence electrons. The van der Waals surface area contributed by atoms with Crippen molar-refractivity contribution in [3.63, 3.8) is 0 Å². The second kappa shape index (κ2) is 8.64. The Labute approximate surface area is 118 Å². The SMILES string of the molecule is CCCCN(CC(F)(F)F)C(=O)C1CCNCC1.Cl. The lowest BCUT2D eigenvalue weighted by molar-refractivity contribution is -0.164. The van der Waals surface area contributed by atoms with Gasteiger partial charge in [-0.1, -0.05) is 13.3 Å². The molecule has 3 nitrogen and oxygen atoms in total. The average molecular weight is 303 g/mol. The molecule has 0 aliphatic carbocycles. The fourth-order valence-corrected chi connectivity index (χ4v) is 2.16. The summed E-state index contributed by atoms with van der Waals surface area (Å²) in [5.41, 5.74) is 0. The summed E-state index contributed by atoms with van der Waals surface area (Å²) in [6, 6.07) is 0. The van der Waals surface area contributed by atoms with Gasteiger partial charge in [0.2, 0.25) is 5.91 Å².